The third-order valence-electron chi connectivity index (χ3n) is 3.54. The number of aromatic hydroxyl groups is 1. The van der Waals surface area contributed by atoms with E-state index >= 15 is 0 Å². The third kappa shape index (κ3) is 3.94. The number of phenols is 1. The Morgan fingerprint density at radius 1 is 1.13 bits per heavy atom. The molecule has 0 bridgehead atoms. The lowest BCUT2D eigenvalue weighted by atomic mass is 9.79. The molecule has 1 aromatic carbocycles. The highest BCUT2D eigenvalue weighted by Gasteiger charge is 2.27. The average molecular weight is 320 g/mol. The number of nitrogens with zero attached hydrogens (tertiary/aromatic N) is 1. The number of rotatable bonds is 3. The minimum Gasteiger partial charge on any atom is -0.507 e. The van der Waals surface area contributed by atoms with Gasteiger partial charge in [-0.05, 0) is 23.0 Å². The second-order valence-corrected chi connectivity index (χ2v) is 7.66. The van der Waals surface area contributed by atoms with Crippen LogP contribution in [0.15, 0.2) is 21.3 Å². The number of H-pyrrole nitrogens is 1. The van der Waals surface area contributed by atoms with Crippen LogP contribution in [-0.2, 0) is 17.4 Å². The molecule has 0 saturated carbocycles. The minimum atomic E-state index is -0.611. The molecule has 2 rings (SSSR count). The summed E-state index contributed by atoms with van der Waals surface area (Å²) < 4.78 is 10.5. The zero-order chi connectivity index (χ0) is 17.4. The van der Waals surface area contributed by atoms with Gasteiger partial charge in [0.2, 0.25) is 0 Å². The Bertz CT molecular complexity index is 710. The lowest BCUT2D eigenvalue weighted by Crippen LogP contribution is -2.17. The van der Waals surface area contributed by atoms with Gasteiger partial charge in [0.1, 0.15) is 11.5 Å². The minimum absolute atomic E-state index is 0.0384. The van der Waals surface area contributed by atoms with Crippen LogP contribution < -0.4 is 10.5 Å². The normalized spacial score (nSPS) is 12.4. The molecule has 0 fully saturated rings. The van der Waals surface area contributed by atoms with Crippen molar-refractivity contribution in [2.75, 3.05) is 0 Å². The Balaban J connectivity index is 2.41. The Labute approximate surface area is 135 Å². The molecule has 1 aromatic heterocycles. The quantitative estimate of drug-likeness (QED) is 0.906. The summed E-state index contributed by atoms with van der Waals surface area (Å²) in [7, 11) is 0. The smallest absolute Gasteiger partial charge is 0.434 e. The van der Waals surface area contributed by atoms with E-state index in [9.17, 15) is 9.90 Å². The summed E-state index contributed by atoms with van der Waals surface area (Å²) in [6, 6.07) is 3.63. The standard InChI is InChI=1S/C17H24N2O4/c1-16(2,3)11-7-10(8-12(14(11)20)17(4,5)6)22-9-13-18-19-15(21)23-13/h7-8,20H,9H2,1-6H3,(H,19,21). The van der Waals surface area contributed by atoms with Gasteiger partial charge < -0.3 is 14.3 Å². The lowest BCUT2D eigenvalue weighted by Gasteiger charge is -2.28. The molecule has 2 aromatic rings. The van der Waals surface area contributed by atoms with Crippen molar-refractivity contribution in [3.05, 3.63) is 39.7 Å². The van der Waals surface area contributed by atoms with Crippen molar-refractivity contribution in [1.29, 1.82) is 0 Å². The van der Waals surface area contributed by atoms with Gasteiger partial charge in [0, 0.05) is 11.1 Å². The maximum Gasteiger partial charge on any atom is 0.434 e. The number of phenolic OH excluding ortho intramolecular Hbond substituents is 1. The Morgan fingerprint density at radius 3 is 2.04 bits per heavy atom. The van der Waals surface area contributed by atoms with Crippen molar-refractivity contribution >= 4 is 0 Å². The summed E-state index contributed by atoms with van der Waals surface area (Å²) in [4.78, 5) is 10.9. The zero-order valence-corrected chi connectivity index (χ0v) is 14.5. The molecule has 126 valence electrons. The van der Waals surface area contributed by atoms with Crippen molar-refractivity contribution in [2.24, 2.45) is 0 Å². The van der Waals surface area contributed by atoms with Crippen LogP contribution in [0.25, 0.3) is 0 Å². The van der Waals surface area contributed by atoms with Crippen LogP contribution >= 0.6 is 0 Å². The highest BCUT2D eigenvalue weighted by Crippen LogP contribution is 2.41. The van der Waals surface area contributed by atoms with Crippen molar-refractivity contribution in [3.8, 4) is 11.5 Å². The summed E-state index contributed by atoms with van der Waals surface area (Å²) in [5.74, 6) is 0.463. The Kier molecular flexibility index (Phi) is 4.28. The van der Waals surface area contributed by atoms with Gasteiger partial charge in [0.05, 0.1) is 0 Å². The fraction of sp³-hybridized carbons (Fsp3) is 0.529. The first-order valence-corrected chi connectivity index (χ1v) is 7.53. The van der Waals surface area contributed by atoms with Crippen LogP contribution in [0.2, 0.25) is 0 Å². The number of nitrogens with one attached hydrogen (secondary N) is 1. The molecule has 0 aliphatic rings. The van der Waals surface area contributed by atoms with Gasteiger partial charge in [-0.3, -0.25) is 0 Å². The van der Waals surface area contributed by atoms with Gasteiger partial charge in [0.15, 0.2) is 6.61 Å². The molecule has 0 amide bonds. The molecule has 2 N–H and O–H groups in total. The highest BCUT2D eigenvalue weighted by molar-refractivity contribution is 5.51. The Hall–Kier alpha value is -2.24. The first-order valence-electron chi connectivity index (χ1n) is 7.53. The number of hydrogen-bond acceptors (Lipinski definition) is 5. The number of ether oxygens (including phenoxy) is 1. The monoisotopic (exact) mass is 320 g/mol. The van der Waals surface area contributed by atoms with Crippen LogP contribution in [0.3, 0.4) is 0 Å². The molecule has 0 saturated heterocycles. The third-order valence-corrected chi connectivity index (χ3v) is 3.54. The van der Waals surface area contributed by atoms with Gasteiger partial charge in [0.25, 0.3) is 5.89 Å². The van der Waals surface area contributed by atoms with E-state index in [0.29, 0.717) is 11.5 Å². The maximum absolute atomic E-state index is 10.9. The van der Waals surface area contributed by atoms with E-state index < -0.39 is 5.76 Å². The average Bonchev–Trinajstić information content (AvgIpc) is 2.80. The van der Waals surface area contributed by atoms with E-state index in [1.165, 1.54) is 0 Å². The van der Waals surface area contributed by atoms with Crippen LogP contribution in [0.1, 0.15) is 58.6 Å². The van der Waals surface area contributed by atoms with Crippen LogP contribution in [0.4, 0.5) is 0 Å². The fourth-order valence-electron chi connectivity index (χ4n) is 2.30. The maximum atomic E-state index is 10.9. The molecule has 6 nitrogen and oxygen atoms in total. The van der Waals surface area contributed by atoms with Crippen molar-refractivity contribution in [3.63, 3.8) is 0 Å². The summed E-state index contributed by atoms with van der Waals surface area (Å²) in [5, 5.41) is 16.5. The molecule has 0 aliphatic heterocycles. The molecule has 0 atom stereocenters. The second-order valence-electron chi connectivity index (χ2n) is 7.66. The largest absolute Gasteiger partial charge is 0.507 e. The van der Waals surface area contributed by atoms with E-state index in [1.54, 1.807) is 0 Å². The van der Waals surface area contributed by atoms with Gasteiger partial charge >= 0.3 is 5.76 Å². The number of benzene rings is 1. The summed E-state index contributed by atoms with van der Waals surface area (Å²) in [5.41, 5.74) is 1.15. The van der Waals surface area contributed by atoms with Crippen molar-refractivity contribution < 1.29 is 14.3 Å². The van der Waals surface area contributed by atoms with Gasteiger partial charge in [-0.25, -0.2) is 9.89 Å². The van der Waals surface area contributed by atoms with Gasteiger partial charge in [-0.15, -0.1) is 5.10 Å². The topological polar surface area (TPSA) is 88.4 Å². The summed E-state index contributed by atoms with van der Waals surface area (Å²) in [6.45, 7) is 12.2. The van der Waals surface area contributed by atoms with Crippen molar-refractivity contribution in [1.82, 2.24) is 10.2 Å². The molecule has 6 heteroatoms. The first kappa shape index (κ1) is 17.1. The van der Waals surface area contributed by atoms with E-state index in [1.807, 2.05) is 53.7 Å². The highest BCUT2D eigenvalue weighted by atomic mass is 16.5. The molecular weight excluding hydrogens is 296 g/mol. The van der Waals surface area contributed by atoms with Crippen molar-refractivity contribution in [2.45, 2.75) is 59.0 Å². The number of aromatic nitrogens is 2. The molecule has 0 radical (unpaired) electrons. The molecule has 0 unspecified atom stereocenters. The molecule has 23 heavy (non-hydrogen) atoms. The summed E-state index contributed by atoms with van der Waals surface area (Å²) in [6.07, 6.45) is 0. The van der Waals surface area contributed by atoms with Gasteiger partial charge in [-0.1, -0.05) is 41.5 Å². The van der Waals surface area contributed by atoms with Crippen LogP contribution in [-0.4, -0.2) is 15.3 Å². The van der Waals surface area contributed by atoms with E-state index in [2.05, 4.69) is 10.2 Å². The predicted octanol–water partition coefficient (Wildman–Crippen LogP) is 3.24. The molecule has 0 aliphatic carbocycles. The predicted molar refractivity (Wildman–Crippen MR) is 87.0 cm³/mol. The van der Waals surface area contributed by atoms with Crippen LogP contribution in [0.5, 0.6) is 11.5 Å². The SMILES string of the molecule is CC(C)(C)c1cc(OCc2n[nH]c(=O)o2)cc(C(C)(C)C)c1O. The second kappa shape index (κ2) is 5.76. The summed E-state index contributed by atoms with van der Waals surface area (Å²) >= 11 is 0. The van der Waals surface area contributed by atoms with E-state index in [0.717, 1.165) is 11.1 Å². The lowest BCUT2D eigenvalue weighted by molar-refractivity contribution is 0.257. The van der Waals surface area contributed by atoms with Crippen LogP contribution in [0, 0.1) is 0 Å². The van der Waals surface area contributed by atoms with E-state index in [-0.39, 0.29) is 23.3 Å². The fourth-order valence-corrected chi connectivity index (χ4v) is 2.30. The molecule has 0 spiro atoms. The van der Waals surface area contributed by atoms with Gasteiger partial charge in [-0.2, -0.15) is 0 Å². The number of aromatic amines is 1. The van der Waals surface area contributed by atoms with E-state index in [4.69, 9.17) is 9.15 Å². The number of hydrogen-bond donors (Lipinski definition) is 2. The first-order chi connectivity index (χ1) is 10.5. The Morgan fingerprint density at radius 2 is 1.65 bits per heavy atom. The zero-order valence-electron chi connectivity index (χ0n) is 14.5. The molecule has 1 heterocycles. The molecular formula is C17H24N2O4.